The van der Waals surface area contributed by atoms with Crippen molar-refractivity contribution in [3.63, 3.8) is 0 Å². The molecule has 0 bridgehead atoms. The summed E-state index contributed by atoms with van der Waals surface area (Å²) in [5.74, 6) is -0.914. The van der Waals surface area contributed by atoms with Gasteiger partial charge in [-0.15, -0.1) is 0 Å². The highest BCUT2D eigenvalue weighted by atomic mass is 16.6. The molecule has 1 aliphatic heterocycles. The van der Waals surface area contributed by atoms with Crippen LogP contribution in [0.1, 0.15) is 36.6 Å². The summed E-state index contributed by atoms with van der Waals surface area (Å²) in [6.07, 6.45) is 0. The molecule has 0 saturated carbocycles. The van der Waals surface area contributed by atoms with Crippen molar-refractivity contribution in [2.75, 3.05) is 27.4 Å². The van der Waals surface area contributed by atoms with Crippen LogP contribution in [0.15, 0.2) is 42.5 Å². The van der Waals surface area contributed by atoms with Crippen molar-refractivity contribution in [2.24, 2.45) is 0 Å². The molecule has 3 rings (SSSR count). The van der Waals surface area contributed by atoms with Crippen molar-refractivity contribution in [2.45, 2.75) is 6.54 Å². The summed E-state index contributed by atoms with van der Waals surface area (Å²) < 4.78 is 15.2. The number of amides is 2. The minimum atomic E-state index is -0.562. The van der Waals surface area contributed by atoms with Crippen molar-refractivity contribution in [1.82, 2.24) is 4.90 Å². The molecular weight excluding hydrogens is 350 g/mol. The van der Waals surface area contributed by atoms with E-state index in [-0.39, 0.29) is 37.1 Å². The molecule has 0 aliphatic carbocycles. The molecule has 0 aromatic heterocycles. The zero-order valence-electron chi connectivity index (χ0n) is 15.1. The molecule has 2 aromatic carbocycles. The Balaban J connectivity index is 1.82. The van der Waals surface area contributed by atoms with Crippen molar-refractivity contribution in [1.29, 1.82) is 0 Å². The minimum Gasteiger partial charge on any atom is -0.496 e. The normalized spacial score (nSPS) is 12.9. The monoisotopic (exact) mass is 369 g/mol. The zero-order valence-corrected chi connectivity index (χ0v) is 15.1. The molecule has 1 aliphatic rings. The number of hydrogen-bond donors (Lipinski definition) is 0. The van der Waals surface area contributed by atoms with Gasteiger partial charge in [-0.2, -0.15) is 0 Å². The summed E-state index contributed by atoms with van der Waals surface area (Å²) in [6, 6.07) is 11.6. The van der Waals surface area contributed by atoms with Gasteiger partial charge in [0, 0.05) is 7.11 Å². The maximum absolute atomic E-state index is 12.5. The first-order valence-electron chi connectivity index (χ1n) is 8.35. The van der Waals surface area contributed by atoms with E-state index in [0.717, 1.165) is 4.90 Å². The van der Waals surface area contributed by atoms with Gasteiger partial charge in [0.1, 0.15) is 17.9 Å². The first kappa shape index (κ1) is 18.6. The molecule has 0 fully saturated rings. The van der Waals surface area contributed by atoms with Gasteiger partial charge < -0.3 is 14.2 Å². The van der Waals surface area contributed by atoms with Crippen LogP contribution in [0.3, 0.4) is 0 Å². The Morgan fingerprint density at radius 1 is 0.963 bits per heavy atom. The average molecular weight is 369 g/mol. The Bertz CT molecular complexity index is 857. The van der Waals surface area contributed by atoms with Gasteiger partial charge in [0.15, 0.2) is 0 Å². The predicted molar refractivity (Wildman–Crippen MR) is 95.8 cm³/mol. The van der Waals surface area contributed by atoms with Gasteiger partial charge in [0.2, 0.25) is 0 Å². The SMILES string of the molecule is COCCOC(=O)c1cc(CN2C(=O)c3ccccc3C2=O)ccc1OC. The lowest BCUT2D eigenvalue weighted by Crippen LogP contribution is -2.29. The third-order valence-electron chi connectivity index (χ3n) is 4.22. The van der Waals surface area contributed by atoms with Crippen LogP contribution in [-0.2, 0) is 16.0 Å². The predicted octanol–water partition coefficient (Wildman–Crippen LogP) is 2.29. The first-order chi connectivity index (χ1) is 13.1. The molecule has 27 heavy (non-hydrogen) atoms. The molecular formula is C20H19NO6. The number of esters is 1. The van der Waals surface area contributed by atoms with E-state index in [1.807, 2.05) is 0 Å². The maximum Gasteiger partial charge on any atom is 0.342 e. The van der Waals surface area contributed by atoms with E-state index in [2.05, 4.69) is 0 Å². The summed E-state index contributed by atoms with van der Waals surface area (Å²) in [5.41, 5.74) is 1.61. The number of imide groups is 1. The number of carbonyl (C=O) groups is 3. The van der Waals surface area contributed by atoms with Gasteiger partial charge in [-0.25, -0.2) is 4.79 Å². The standard InChI is InChI=1S/C20H19NO6/c1-25-9-10-27-20(24)16-11-13(7-8-17(16)26-2)12-21-18(22)14-5-3-4-6-15(14)19(21)23/h3-8,11H,9-10,12H2,1-2H3. The van der Waals surface area contributed by atoms with E-state index in [1.165, 1.54) is 14.2 Å². The molecule has 2 aromatic rings. The molecule has 2 amide bonds. The molecule has 0 unspecified atom stereocenters. The van der Waals surface area contributed by atoms with E-state index in [0.29, 0.717) is 22.4 Å². The summed E-state index contributed by atoms with van der Waals surface area (Å²) in [7, 11) is 2.96. The minimum absolute atomic E-state index is 0.0503. The second-order valence-electron chi connectivity index (χ2n) is 5.91. The number of carbonyl (C=O) groups excluding carboxylic acids is 3. The fourth-order valence-electron chi connectivity index (χ4n) is 2.87. The molecule has 1 heterocycles. The van der Waals surface area contributed by atoms with Crippen LogP contribution in [0.4, 0.5) is 0 Å². The Hall–Kier alpha value is -3.19. The number of nitrogens with zero attached hydrogens (tertiary/aromatic N) is 1. The molecule has 7 heteroatoms. The van der Waals surface area contributed by atoms with E-state index in [4.69, 9.17) is 14.2 Å². The molecule has 0 radical (unpaired) electrons. The second kappa shape index (κ2) is 8.01. The Kier molecular flexibility index (Phi) is 5.52. The van der Waals surface area contributed by atoms with Crippen LogP contribution in [0.5, 0.6) is 5.75 Å². The summed E-state index contributed by atoms with van der Waals surface area (Å²) >= 11 is 0. The lowest BCUT2D eigenvalue weighted by molar-refractivity contribution is 0.0384. The zero-order chi connectivity index (χ0) is 19.4. The third-order valence-corrected chi connectivity index (χ3v) is 4.22. The number of benzene rings is 2. The van der Waals surface area contributed by atoms with Crippen LogP contribution in [0, 0.1) is 0 Å². The Morgan fingerprint density at radius 3 is 2.22 bits per heavy atom. The number of hydrogen-bond acceptors (Lipinski definition) is 6. The van der Waals surface area contributed by atoms with Crippen LogP contribution < -0.4 is 4.74 Å². The van der Waals surface area contributed by atoms with E-state index >= 15 is 0 Å². The molecule has 0 atom stereocenters. The molecule has 7 nitrogen and oxygen atoms in total. The summed E-state index contributed by atoms with van der Waals surface area (Å²) in [5, 5.41) is 0. The van der Waals surface area contributed by atoms with E-state index in [9.17, 15) is 14.4 Å². The van der Waals surface area contributed by atoms with Crippen LogP contribution in [0.25, 0.3) is 0 Å². The van der Waals surface area contributed by atoms with Crippen LogP contribution in [-0.4, -0.2) is 50.1 Å². The smallest absolute Gasteiger partial charge is 0.342 e. The lowest BCUT2D eigenvalue weighted by atomic mass is 10.1. The second-order valence-corrected chi connectivity index (χ2v) is 5.91. The number of fused-ring (bicyclic) bond motifs is 1. The quantitative estimate of drug-likeness (QED) is 0.423. The fourth-order valence-corrected chi connectivity index (χ4v) is 2.87. The number of methoxy groups -OCH3 is 2. The van der Waals surface area contributed by atoms with Gasteiger partial charge in [-0.3, -0.25) is 14.5 Å². The summed E-state index contributed by atoms with van der Waals surface area (Å²) in [6.45, 7) is 0.443. The Morgan fingerprint density at radius 2 is 1.63 bits per heavy atom. The maximum atomic E-state index is 12.5. The average Bonchev–Trinajstić information content (AvgIpc) is 2.93. The Labute approximate surface area is 156 Å². The van der Waals surface area contributed by atoms with E-state index < -0.39 is 5.97 Å². The molecule has 0 saturated heterocycles. The van der Waals surface area contributed by atoms with Gasteiger partial charge >= 0.3 is 5.97 Å². The molecule has 0 spiro atoms. The highest BCUT2D eigenvalue weighted by Gasteiger charge is 2.35. The topological polar surface area (TPSA) is 82.1 Å². The van der Waals surface area contributed by atoms with Crippen LogP contribution in [0.2, 0.25) is 0 Å². The van der Waals surface area contributed by atoms with Crippen molar-refractivity contribution < 1.29 is 28.6 Å². The molecule has 0 N–H and O–H groups in total. The van der Waals surface area contributed by atoms with Gasteiger partial charge in [0.25, 0.3) is 11.8 Å². The largest absolute Gasteiger partial charge is 0.496 e. The van der Waals surface area contributed by atoms with Crippen molar-refractivity contribution >= 4 is 17.8 Å². The highest BCUT2D eigenvalue weighted by molar-refractivity contribution is 6.21. The lowest BCUT2D eigenvalue weighted by Gasteiger charge is -2.16. The van der Waals surface area contributed by atoms with Crippen molar-refractivity contribution in [3.8, 4) is 5.75 Å². The van der Waals surface area contributed by atoms with Gasteiger partial charge in [0.05, 0.1) is 31.4 Å². The first-order valence-corrected chi connectivity index (χ1v) is 8.35. The molecule has 140 valence electrons. The van der Waals surface area contributed by atoms with Crippen molar-refractivity contribution in [3.05, 3.63) is 64.7 Å². The summed E-state index contributed by atoms with van der Waals surface area (Å²) in [4.78, 5) is 38.5. The fraction of sp³-hybridized carbons (Fsp3) is 0.250. The third kappa shape index (κ3) is 3.68. The number of rotatable bonds is 7. The number of ether oxygens (including phenoxy) is 3. The van der Waals surface area contributed by atoms with Gasteiger partial charge in [-0.05, 0) is 29.8 Å². The van der Waals surface area contributed by atoms with E-state index in [1.54, 1.807) is 42.5 Å². The highest BCUT2D eigenvalue weighted by Crippen LogP contribution is 2.26. The van der Waals surface area contributed by atoms with Crippen LogP contribution >= 0.6 is 0 Å². The van der Waals surface area contributed by atoms with Gasteiger partial charge in [-0.1, -0.05) is 18.2 Å².